The van der Waals surface area contributed by atoms with Crippen LogP contribution in [0.2, 0.25) is 0 Å². The highest BCUT2D eigenvalue weighted by atomic mass is 35.5. The Labute approximate surface area is 121 Å². The molecule has 3 aliphatic carbocycles. The monoisotopic (exact) mass is 281 g/mol. The normalized spacial score (nSPS) is 44.2. The van der Waals surface area contributed by atoms with Crippen molar-refractivity contribution < 1.29 is 5.11 Å². The van der Waals surface area contributed by atoms with Crippen LogP contribution in [0, 0.1) is 5.41 Å². The lowest BCUT2D eigenvalue weighted by atomic mass is 9.49. The predicted octanol–water partition coefficient (Wildman–Crippen LogP) is 3.11. The van der Waals surface area contributed by atoms with Gasteiger partial charge in [-0.2, -0.15) is 0 Å². The van der Waals surface area contributed by atoms with Crippen molar-refractivity contribution in [3.63, 3.8) is 0 Å². The van der Waals surface area contributed by atoms with Gasteiger partial charge in [0.15, 0.2) is 0 Å². The maximum atomic E-state index is 11.4. The highest BCUT2D eigenvalue weighted by Gasteiger charge is 2.61. The van der Waals surface area contributed by atoms with Crippen molar-refractivity contribution >= 4 is 12.4 Å². The van der Waals surface area contributed by atoms with E-state index in [0.717, 1.165) is 25.8 Å². The largest absolute Gasteiger partial charge is 0.387 e. The first-order chi connectivity index (χ1) is 8.76. The summed E-state index contributed by atoms with van der Waals surface area (Å²) in [6, 6.07) is 0.316. The lowest BCUT2D eigenvalue weighted by molar-refractivity contribution is -0.145. The van der Waals surface area contributed by atoms with Crippen LogP contribution in [0.4, 0.5) is 0 Å². The summed E-state index contributed by atoms with van der Waals surface area (Å²) in [4.78, 5) is 0. The topological polar surface area (TPSA) is 32.3 Å². The number of nitrogens with one attached hydrogen (secondary N) is 1. The standard InChI is InChI=1S/C16H23NO.ClH/c18-16-8-4-3-7-15(16)9-10-17-14(16)11-12-5-1-2-6-13(12)15;/h2,6,14,17-18H,1,3-5,7-11H2;1H/t14-,15+,16-;/m1./s1. The molecule has 0 radical (unpaired) electrons. The van der Waals surface area contributed by atoms with Crippen LogP contribution in [-0.4, -0.2) is 23.3 Å². The molecule has 0 spiro atoms. The molecule has 4 aliphatic rings. The fourth-order valence-electron chi connectivity index (χ4n) is 5.17. The van der Waals surface area contributed by atoms with Crippen molar-refractivity contribution in [1.82, 2.24) is 5.32 Å². The van der Waals surface area contributed by atoms with E-state index in [4.69, 9.17) is 0 Å². The van der Waals surface area contributed by atoms with Crippen LogP contribution in [0.15, 0.2) is 23.3 Å². The number of hydrogen-bond donors (Lipinski definition) is 2. The average Bonchev–Trinajstić information content (AvgIpc) is 2.38. The van der Waals surface area contributed by atoms with Crippen LogP contribution in [0.1, 0.15) is 51.4 Å². The Balaban J connectivity index is 0.00000110. The molecule has 0 aromatic heterocycles. The lowest BCUT2D eigenvalue weighted by Gasteiger charge is -2.62. The summed E-state index contributed by atoms with van der Waals surface area (Å²) in [6.07, 6.45) is 14.0. The fourth-order valence-corrected chi connectivity index (χ4v) is 5.17. The highest BCUT2D eigenvalue weighted by Crippen LogP contribution is 2.60. The molecule has 0 amide bonds. The smallest absolute Gasteiger partial charge is 0.0899 e. The van der Waals surface area contributed by atoms with Crippen molar-refractivity contribution in [1.29, 1.82) is 0 Å². The molecule has 4 rings (SSSR count). The van der Waals surface area contributed by atoms with E-state index in [2.05, 4.69) is 17.5 Å². The summed E-state index contributed by atoms with van der Waals surface area (Å²) in [6.45, 7) is 1.08. The molecule has 0 aromatic carbocycles. The molecule has 19 heavy (non-hydrogen) atoms. The third-order valence-electron chi connectivity index (χ3n) is 6.00. The van der Waals surface area contributed by atoms with Gasteiger partial charge in [0.25, 0.3) is 0 Å². The van der Waals surface area contributed by atoms with E-state index in [1.807, 2.05) is 0 Å². The minimum Gasteiger partial charge on any atom is -0.387 e. The summed E-state index contributed by atoms with van der Waals surface area (Å²) >= 11 is 0. The van der Waals surface area contributed by atoms with E-state index < -0.39 is 5.60 Å². The molecule has 1 heterocycles. The molecule has 3 heteroatoms. The van der Waals surface area contributed by atoms with Gasteiger partial charge < -0.3 is 10.4 Å². The Hall–Kier alpha value is -0.310. The van der Waals surface area contributed by atoms with Gasteiger partial charge in [0.2, 0.25) is 0 Å². The predicted molar refractivity (Wildman–Crippen MR) is 79.5 cm³/mol. The molecule has 106 valence electrons. The summed E-state index contributed by atoms with van der Waals surface area (Å²) in [5.74, 6) is 0. The Kier molecular flexibility index (Phi) is 3.32. The van der Waals surface area contributed by atoms with Gasteiger partial charge in [-0.3, -0.25) is 0 Å². The van der Waals surface area contributed by atoms with Crippen molar-refractivity contribution in [3.05, 3.63) is 23.3 Å². The van der Waals surface area contributed by atoms with Gasteiger partial charge in [-0.15, -0.1) is 12.4 Å². The number of allylic oxidation sites excluding steroid dienone is 2. The fraction of sp³-hybridized carbons (Fsp3) is 0.750. The first kappa shape index (κ1) is 13.7. The molecule has 1 saturated heterocycles. The van der Waals surface area contributed by atoms with Gasteiger partial charge >= 0.3 is 0 Å². The molecule has 2 N–H and O–H groups in total. The molecule has 3 atom stereocenters. The van der Waals surface area contributed by atoms with E-state index in [-0.39, 0.29) is 17.8 Å². The first-order valence-corrected chi connectivity index (χ1v) is 7.61. The van der Waals surface area contributed by atoms with Crippen LogP contribution in [0.5, 0.6) is 0 Å². The molecule has 1 saturated carbocycles. The molecular formula is C16H24ClNO. The van der Waals surface area contributed by atoms with Gasteiger partial charge in [0, 0.05) is 11.5 Å². The Morgan fingerprint density at radius 2 is 2.05 bits per heavy atom. The Morgan fingerprint density at radius 3 is 2.95 bits per heavy atom. The van der Waals surface area contributed by atoms with E-state index >= 15 is 0 Å². The maximum Gasteiger partial charge on any atom is 0.0899 e. The van der Waals surface area contributed by atoms with Gasteiger partial charge in [0.05, 0.1) is 5.60 Å². The zero-order chi connectivity index (χ0) is 12.2. The number of piperidine rings is 1. The van der Waals surface area contributed by atoms with Crippen molar-refractivity contribution in [2.24, 2.45) is 5.41 Å². The van der Waals surface area contributed by atoms with Gasteiger partial charge in [-0.1, -0.05) is 30.6 Å². The molecule has 2 fully saturated rings. The van der Waals surface area contributed by atoms with Crippen LogP contribution in [-0.2, 0) is 0 Å². The third-order valence-corrected chi connectivity index (χ3v) is 6.00. The molecule has 1 aliphatic heterocycles. The second-order valence-electron chi connectivity index (χ2n) is 6.63. The molecular weight excluding hydrogens is 258 g/mol. The highest BCUT2D eigenvalue weighted by molar-refractivity contribution is 5.85. The van der Waals surface area contributed by atoms with E-state index in [9.17, 15) is 5.11 Å². The van der Waals surface area contributed by atoms with Crippen LogP contribution in [0.3, 0.4) is 0 Å². The van der Waals surface area contributed by atoms with E-state index in [0.29, 0.717) is 6.04 Å². The van der Waals surface area contributed by atoms with Gasteiger partial charge in [0.1, 0.15) is 0 Å². The summed E-state index contributed by atoms with van der Waals surface area (Å²) in [7, 11) is 0. The van der Waals surface area contributed by atoms with E-state index in [1.54, 1.807) is 5.57 Å². The third kappa shape index (κ3) is 1.63. The van der Waals surface area contributed by atoms with Gasteiger partial charge in [-0.25, -0.2) is 0 Å². The van der Waals surface area contributed by atoms with E-state index in [1.165, 1.54) is 37.7 Å². The molecule has 2 bridgehead atoms. The number of aliphatic hydroxyl groups is 1. The number of halogens is 1. The second kappa shape index (κ2) is 4.61. The summed E-state index contributed by atoms with van der Waals surface area (Å²) in [5.41, 5.74) is 2.80. The Bertz CT molecular complexity index is 440. The minimum absolute atomic E-state index is 0. The minimum atomic E-state index is -0.468. The maximum absolute atomic E-state index is 11.4. The summed E-state index contributed by atoms with van der Waals surface area (Å²) in [5, 5.41) is 15.0. The van der Waals surface area contributed by atoms with Crippen LogP contribution >= 0.6 is 12.4 Å². The number of hydrogen-bond acceptors (Lipinski definition) is 2. The zero-order valence-corrected chi connectivity index (χ0v) is 12.3. The lowest BCUT2D eigenvalue weighted by Crippen LogP contribution is -2.69. The number of rotatable bonds is 0. The average molecular weight is 282 g/mol. The second-order valence-corrected chi connectivity index (χ2v) is 6.63. The first-order valence-electron chi connectivity index (χ1n) is 7.61. The van der Waals surface area contributed by atoms with Crippen molar-refractivity contribution in [3.8, 4) is 0 Å². The van der Waals surface area contributed by atoms with Crippen LogP contribution in [0.25, 0.3) is 0 Å². The van der Waals surface area contributed by atoms with Gasteiger partial charge in [-0.05, 0) is 50.6 Å². The van der Waals surface area contributed by atoms with Crippen molar-refractivity contribution in [2.45, 2.75) is 63.0 Å². The quantitative estimate of drug-likeness (QED) is 0.715. The van der Waals surface area contributed by atoms with Crippen molar-refractivity contribution in [2.75, 3.05) is 6.54 Å². The molecule has 0 aromatic rings. The van der Waals surface area contributed by atoms with Crippen LogP contribution < -0.4 is 5.32 Å². The summed E-state index contributed by atoms with van der Waals surface area (Å²) < 4.78 is 0. The zero-order valence-electron chi connectivity index (χ0n) is 11.5. The Morgan fingerprint density at radius 1 is 1.21 bits per heavy atom. The molecule has 2 nitrogen and oxygen atoms in total. The molecule has 0 unspecified atom stereocenters. The SMILES string of the molecule is Cl.O[C@@]12CCCC[C@@]13CCN[C@@H]2CC1=C3C=CCC1.